The van der Waals surface area contributed by atoms with E-state index in [1.807, 2.05) is 13.8 Å². The first kappa shape index (κ1) is 14.7. The van der Waals surface area contributed by atoms with Gasteiger partial charge in [0.05, 0.1) is 0 Å². The molecule has 0 aliphatic carbocycles. The van der Waals surface area contributed by atoms with Crippen LogP contribution in [0.2, 0.25) is 5.02 Å². The van der Waals surface area contributed by atoms with E-state index in [-0.39, 0.29) is 5.82 Å². The normalized spacial score (nSPS) is 10.7. The molecule has 0 spiro atoms. The molecule has 1 aromatic carbocycles. The standard InChI is InChI=1S/C14H16ClFN4/c1-3-11-8(2)18-13(19-14(11)20-17)6-9-4-5-10(16)7-12(9)15/h4-5,7H,3,6,17H2,1-2H3,(H,18,19,20). The average Bonchev–Trinajstić information content (AvgIpc) is 2.41. The fourth-order valence-corrected chi connectivity index (χ4v) is 2.35. The van der Waals surface area contributed by atoms with Crippen molar-refractivity contribution < 1.29 is 4.39 Å². The molecule has 0 unspecified atom stereocenters. The van der Waals surface area contributed by atoms with Crippen molar-refractivity contribution in [1.29, 1.82) is 0 Å². The van der Waals surface area contributed by atoms with E-state index in [1.165, 1.54) is 12.1 Å². The zero-order valence-electron chi connectivity index (χ0n) is 11.4. The number of benzene rings is 1. The van der Waals surface area contributed by atoms with Crippen LogP contribution in [0.4, 0.5) is 10.2 Å². The van der Waals surface area contributed by atoms with Crippen LogP contribution in [0, 0.1) is 12.7 Å². The summed E-state index contributed by atoms with van der Waals surface area (Å²) in [4.78, 5) is 8.83. The number of halogens is 2. The van der Waals surface area contributed by atoms with Gasteiger partial charge in [-0.05, 0) is 31.0 Å². The summed E-state index contributed by atoms with van der Waals surface area (Å²) in [5.74, 6) is 6.35. The summed E-state index contributed by atoms with van der Waals surface area (Å²) >= 11 is 6.02. The number of rotatable bonds is 4. The van der Waals surface area contributed by atoms with Crippen LogP contribution in [-0.4, -0.2) is 9.97 Å². The Labute approximate surface area is 122 Å². The second-order valence-corrected chi connectivity index (χ2v) is 4.87. The van der Waals surface area contributed by atoms with Gasteiger partial charge in [-0.25, -0.2) is 20.2 Å². The number of hydrogen-bond acceptors (Lipinski definition) is 4. The third-order valence-corrected chi connectivity index (χ3v) is 3.47. The molecule has 0 amide bonds. The minimum atomic E-state index is -0.360. The van der Waals surface area contributed by atoms with E-state index in [0.717, 1.165) is 23.2 Å². The number of hydrogen-bond donors (Lipinski definition) is 2. The Morgan fingerprint density at radius 3 is 2.70 bits per heavy atom. The molecule has 1 heterocycles. The van der Waals surface area contributed by atoms with Crippen molar-refractivity contribution in [3.63, 3.8) is 0 Å². The van der Waals surface area contributed by atoms with Gasteiger partial charge in [0.25, 0.3) is 0 Å². The van der Waals surface area contributed by atoms with Gasteiger partial charge in [-0.1, -0.05) is 24.6 Å². The zero-order chi connectivity index (χ0) is 14.7. The van der Waals surface area contributed by atoms with Crippen molar-refractivity contribution in [2.45, 2.75) is 26.7 Å². The molecule has 20 heavy (non-hydrogen) atoms. The second-order valence-electron chi connectivity index (χ2n) is 4.46. The number of anilines is 1. The molecule has 0 saturated carbocycles. The summed E-state index contributed by atoms with van der Waals surface area (Å²) in [5, 5.41) is 0.369. The first-order valence-corrected chi connectivity index (χ1v) is 6.69. The molecular formula is C14H16ClFN4. The number of nitrogens with two attached hydrogens (primary N) is 1. The van der Waals surface area contributed by atoms with Crippen LogP contribution in [0.15, 0.2) is 18.2 Å². The number of aromatic nitrogens is 2. The smallest absolute Gasteiger partial charge is 0.147 e. The molecule has 0 bridgehead atoms. The fraction of sp³-hybridized carbons (Fsp3) is 0.286. The van der Waals surface area contributed by atoms with Gasteiger partial charge < -0.3 is 5.43 Å². The topological polar surface area (TPSA) is 63.8 Å². The van der Waals surface area contributed by atoms with E-state index in [4.69, 9.17) is 17.4 Å². The van der Waals surface area contributed by atoms with Crippen LogP contribution in [0.5, 0.6) is 0 Å². The van der Waals surface area contributed by atoms with Gasteiger partial charge >= 0.3 is 0 Å². The summed E-state index contributed by atoms with van der Waals surface area (Å²) in [6.45, 7) is 3.93. The van der Waals surface area contributed by atoms with Gasteiger partial charge in [0.1, 0.15) is 17.5 Å². The molecule has 0 fully saturated rings. The number of hydrazine groups is 1. The van der Waals surface area contributed by atoms with Crippen molar-refractivity contribution in [1.82, 2.24) is 9.97 Å². The maximum Gasteiger partial charge on any atom is 0.147 e. The average molecular weight is 295 g/mol. The number of nitrogen functional groups attached to an aromatic ring is 1. The van der Waals surface area contributed by atoms with Crippen molar-refractivity contribution in [2.24, 2.45) is 5.84 Å². The molecule has 1 aromatic heterocycles. The lowest BCUT2D eigenvalue weighted by molar-refractivity contribution is 0.627. The molecule has 6 heteroatoms. The van der Waals surface area contributed by atoms with Crippen molar-refractivity contribution >= 4 is 17.4 Å². The summed E-state index contributed by atoms with van der Waals surface area (Å²) < 4.78 is 13.0. The van der Waals surface area contributed by atoms with E-state index < -0.39 is 0 Å². The summed E-state index contributed by atoms with van der Waals surface area (Å²) in [6.07, 6.45) is 1.22. The largest absolute Gasteiger partial charge is 0.308 e. The summed E-state index contributed by atoms with van der Waals surface area (Å²) in [6, 6.07) is 4.29. The Hall–Kier alpha value is -1.72. The van der Waals surface area contributed by atoms with Crippen molar-refractivity contribution in [3.05, 3.63) is 51.7 Å². The predicted molar refractivity (Wildman–Crippen MR) is 78.2 cm³/mol. The van der Waals surface area contributed by atoms with Crippen molar-refractivity contribution in [3.8, 4) is 0 Å². The number of aryl methyl sites for hydroxylation is 1. The second kappa shape index (κ2) is 6.15. The first-order valence-electron chi connectivity index (χ1n) is 6.32. The van der Waals surface area contributed by atoms with E-state index in [2.05, 4.69) is 15.4 Å². The number of nitrogens with zero attached hydrogens (tertiary/aromatic N) is 2. The molecule has 0 aliphatic heterocycles. The number of nitrogens with one attached hydrogen (secondary N) is 1. The molecule has 4 nitrogen and oxygen atoms in total. The monoisotopic (exact) mass is 294 g/mol. The Balaban J connectivity index is 2.36. The van der Waals surface area contributed by atoms with Gasteiger partial charge in [-0.2, -0.15) is 0 Å². The third-order valence-electron chi connectivity index (χ3n) is 3.11. The highest BCUT2D eigenvalue weighted by Gasteiger charge is 2.11. The van der Waals surface area contributed by atoms with E-state index >= 15 is 0 Å². The highest BCUT2D eigenvalue weighted by atomic mass is 35.5. The van der Waals surface area contributed by atoms with E-state index in [0.29, 0.717) is 23.1 Å². The maximum absolute atomic E-state index is 13.0. The Morgan fingerprint density at radius 2 is 2.10 bits per heavy atom. The predicted octanol–water partition coefficient (Wildman–Crippen LogP) is 3.02. The lowest BCUT2D eigenvalue weighted by Crippen LogP contribution is -2.14. The van der Waals surface area contributed by atoms with Crippen LogP contribution in [0.3, 0.4) is 0 Å². The zero-order valence-corrected chi connectivity index (χ0v) is 12.1. The van der Waals surface area contributed by atoms with Gasteiger partial charge in [0.2, 0.25) is 0 Å². The SMILES string of the molecule is CCc1c(C)nc(Cc2ccc(F)cc2Cl)nc1NN. The van der Waals surface area contributed by atoms with Crippen LogP contribution < -0.4 is 11.3 Å². The molecule has 2 rings (SSSR count). The molecule has 2 aromatic rings. The molecule has 3 N–H and O–H groups in total. The van der Waals surface area contributed by atoms with E-state index in [1.54, 1.807) is 6.07 Å². The highest BCUT2D eigenvalue weighted by molar-refractivity contribution is 6.31. The van der Waals surface area contributed by atoms with E-state index in [9.17, 15) is 4.39 Å². The first-order chi connectivity index (χ1) is 9.55. The Bertz CT molecular complexity index is 631. The Morgan fingerprint density at radius 1 is 1.35 bits per heavy atom. The fourth-order valence-electron chi connectivity index (χ4n) is 2.11. The van der Waals surface area contributed by atoms with Crippen LogP contribution in [0.1, 0.15) is 29.6 Å². The van der Waals surface area contributed by atoms with Crippen LogP contribution >= 0.6 is 11.6 Å². The Kier molecular flexibility index (Phi) is 4.52. The maximum atomic E-state index is 13.0. The van der Waals surface area contributed by atoms with Crippen LogP contribution in [0.25, 0.3) is 0 Å². The van der Waals surface area contributed by atoms with Gasteiger partial charge in [-0.15, -0.1) is 0 Å². The van der Waals surface area contributed by atoms with Gasteiger partial charge in [-0.3, -0.25) is 0 Å². The molecule has 0 radical (unpaired) electrons. The van der Waals surface area contributed by atoms with Crippen molar-refractivity contribution in [2.75, 3.05) is 5.43 Å². The van der Waals surface area contributed by atoms with Gasteiger partial charge in [0, 0.05) is 22.7 Å². The minimum absolute atomic E-state index is 0.360. The highest BCUT2D eigenvalue weighted by Crippen LogP contribution is 2.22. The van der Waals surface area contributed by atoms with Crippen LogP contribution in [-0.2, 0) is 12.8 Å². The molecule has 0 aliphatic rings. The lowest BCUT2D eigenvalue weighted by Gasteiger charge is -2.11. The minimum Gasteiger partial charge on any atom is -0.308 e. The molecule has 0 atom stereocenters. The summed E-state index contributed by atoms with van der Waals surface area (Å²) in [7, 11) is 0. The summed E-state index contributed by atoms with van der Waals surface area (Å²) in [5.41, 5.74) is 5.24. The molecular weight excluding hydrogens is 279 g/mol. The molecule has 106 valence electrons. The molecule has 0 saturated heterocycles. The third kappa shape index (κ3) is 3.05. The van der Waals surface area contributed by atoms with Gasteiger partial charge in [0.15, 0.2) is 0 Å². The quantitative estimate of drug-likeness (QED) is 0.672. The lowest BCUT2D eigenvalue weighted by atomic mass is 10.1.